The predicted molar refractivity (Wildman–Crippen MR) is 44.0 cm³/mol. The molecule has 7 heteroatoms. The molecule has 2 atom stereocenters. The molecule has 0 heterocycles. The number of carboxylic acids is 1. The van der Waals surface area contributed by atoms with Gasteiger partial charge in [-0.15, -0.1) is 0 Å². The van der Waals surface area contributed by atoms with Gasteiger partial charge in [-0.05, 0) is 11.3 Å². The highest BCUT2D eigenvalue weighted by atomic mass is 19.4. The molecule has 0 spiro atoms. The molecule has 0 aromatic rings. The minimum Gasteiger partial charge on any atom is -0.481 e. The smallest absolute Gasteiger partial charge is 0.453 e. The van der Waals surface area contributed by atoms with E-state index >= 15 is 0 Å². The van der Waals surface area contributed by atoms with E-state index in [-0.39, 0.29) is 0 Å². The van der Waals surface area contributed by atoms with Gasteiger partial charge >= 0.3 is 18.1 Å². The minimum atomic E-state index is -5.62. The average molecular weight is 246 g/mol. The second kappa shape index (κ2) is 3.30. The van der Waals surface area contributed by atoms with Crippen LogP contribution in [0.3, 0.4) is 0 Å². The van der Waals surface area contributed by atoms with Crippen LogP contribution in [0.1, 0.15) is 20.3 Å². The van der Waals surface area contributed by atoms with Crippen LogP contribution in [-0.4, -0.2) is 23.2 Å². The summed E-state index contributed by atoms with van der Waals surface area (Å²) in [5.41, 5.74) is -0.999. The van der Waals surface area contributed by atoms with E-state index in [2.05, 4.69) is 0 Å². The van der Waals surface area contributed by atoms with Gasteiger partial charge in [0.25, 0.3) is 0 Å². The molecule has 0 bridgehead atoms. The van der Waals surface area contributed by atoms with Gasteiger partial charge in [-0.1, -0.05) is 13.8 Å². The first-order valence-corrected chi connectivity index (χ1v) is 4.58. The fraction of sp³-hybridized carbons (Fsp3) is 0.889. The van der Waals surface area contributed by atoms with Crippen LogP contribution >= 0.6 is 0 Å². The molecular weight excluding hydrogens is 235 g/mol. The van der Waals surface area contributed by atoms with Crippen LogP contribution in [-0.2, 0) is 4.79 Å². The molecule has 2 nitrogen and oxygen atoms in total. The quantitative estimate of drug-likeness (QED) is 0.777. The molecule has 16 heavy (non-hydrogen) atoms. The van der Waals surface area contributed by atoms with E-state index < -0.39 is 41.7 Å². The Bertz CT molecular complexity index is 308. The number of hydrogen-bond donors (Lipinski definition) is 1. The highest BCUT2D eigenvalue weighted by Crippen LogP contribution is 2.63. The lowest BCUT2D eigenvalue weighted by Gasteiger charge is -2.19. The maximum atomic E-state index is 12.7. The summed E-state index contributed by atoms with van der Waals surface area (Å²) < 4.78 is 61.1. The normalized spacial score (nSPS) is 28.9. The maximum absolute atomic E-state index is 12.7. The van der Waals surface area contributed by atoms with Gasteiger partial charge in [0.2, 0.25) is 0 Å². The summed E-state index contributed by atoms with van der Waals surface area (Å²) in [5, 5.41) is 8.63. The van der Waals surface area contributed by atoms with Crippen molar-refractivity contribution in [3.05, 3.63) is 0 Å². The molecular formula is C9H11F5O2. The van der Waals surface area contributed by atoms with Crippen molar-refractivity contribution in [1.29, 1.82) is 0 Å². The molecule has 1 saturated carbocycles. The van der Waals surface area contributed by atoms with Gasteiger partial charge in [0.15, 0.2) is 0 Å². The summed E-state index contributed by atoms with van der Waals surface area (Å²) in [7, 11) is 0. The zero-order valence-electron chi connectivity index (χ0n) is 8.61. The van der Waals surface area contributed by atoms with Gasteiger partial charge in [0, 0.05) is 6.42 Å². The second-order valence-corrected chi connectivity index (χ2v) is 4.65. The van der Waals surface area contributed by atoms with E-state index in [0.29, 0.717) is 0 Å². The number of rotatable bonds is 3. The van der Waals surface area contributed by atoms with Gasteiger partial charge in [-0.3, -0.25) is 4.79 Å². The van der Waals surface area contributed by atoms with Crippen LogP contribution in [0.25, 0.3) is 0 Å². The summed E-state index contributed by atoms with van der Waals surface area (Å²) in [4.78, 5) is 10.6. The molecule has 0 amide bonds. The molecule has 1 aliphatic rings. The number of hydrogen-bond acceptors (Lipinski definition) is 1. The van der Waals surface area contributed by atoms with E-state index in [4.69, 9.17) is 5.11 Å². The van der Waals surface area contributed by atoms with E-state index in [1.165, 1.54) is 13.8 Å². The Morgan fingerprint density at radius 1 is 1.25 bits per heavy atom. The summed E-state index contributed by atoms with van der Waals surface area (Å²) in [6.45, 7) is 2.76. The van der Waals surface area contributed by atoms with Crippen molar-refractivity contribution < 1.29 is 31.9 Å². The fourth-order valence-electron chi connectivity index (χ4n) is 2.01. The Kier molecular flexibility index (Phi) is 2.72. The van der Waals surface area contributed by atoms with E-state index in [0.717, 1.165) is 0 Å². The lowest BCUT2D eigenvalue weighted by atomic mass is 10.0. The Balaban J connectivity index is 2.75. The molecule has 0 aliphatic heterocycles. The van der Waals surface area contributed by atoms with Crippen molar-refractivity contribution in [2.45, 2.75) is 32.4 Å². The van der Waals surface area contributed by atoms with Gasteiger partial charge < -0.3 is 5.11 Å². The molecule has 0 saturated heterocycles. The third-order valence-electron chi connectivity index (χ3n) is 3.21. The summed E-state index contributed by atoms with van der Waals surface area (Å²) in [6.07, 6.45) is -7.07. The van der Waals surface area contributed by atoms with Crippen molar-refractivity contribution in [2.24, 2.45) is 17.3 Å². The SMILES string of the molecule is CC1(C)C(CC(F)(F)C(F)(F)F)C1C(=O)O. The molecule has 0 radical (unpaired) electrons. The fourth-order valence-corrected chi connectivity index (χ4v) is 2.01. The van der Waals surface area contributed by atoms with Gasteiger partial charge in [-0.2, -0.15) is 22.0 Å². The highest BCUT2D eigenvalue weighted by molar-refractivity contribution is 5.75. The molecule has 0 aromatic heterocycles. The third-order valence-corrected chi connectivity index (χ3v) is 3.21. The van der Waals surface area contributed by atoms with Crippen LogP contribution in [0.15, 0.2) is 0 Å². The number of carboxylic acid groups (broad SMARTS) is 1. The maximum Gasteiger partial charge on any atom is 0.453 e. The molecule has 1 rings (SSSR count). The van der Waals surface area contributed by atoms with E-state index in [9.17, 15) is 26.7 Å². The first kappa shape index (κ1) is 13.2. The minimum absolute atomic E-state index is 0.999. The first-order chi connectivity index (χ1) is 6.91. The summed E-state index contributed by atoms with van der Waals surface area (Å²) >= 11 is 0. The molecule has 2 unspecified atom stereocenters. The molecule has 1 N–H and O–H groups in total. The highest BCUT2D eigenvalue weighted by Gasteiger charge is 2.68. The van der Waals surface area contributed by atoms with Crippen molar-refractivity contribution in [3.63, 3.8) is 0 Å². The van der Waals surface area contributed by atoms with E-state index in [1.54, 1.807) is 0 Å². The van der Waals surface area contributed by atoms with Crippen LogP contribution < -0.4 is 0 Å². The van der Waals surface area contributed by atoms with Crippen molar-refractivity contribution in [3.8, 4) is 0 Å². The van der Waals surface area contributed by atoms with Crippen LogP contribution in [0.5, 0.6) is 0 Å². The number of halogens is 5. The standard InChI is InChI=1S/C9H11F5O2/c1-7(2)4(5(7)6(15)16)3-8(10,11)9(12,13)14/h4-5H,3H2,1-2H3,(H,15,16). The summed E-state index contributed by atoms with van der Waals surface area (Å²) in [5.74, 6) is -8.41. The second-order valence-electron chi connectivity index (χ2n) is 4.65. The van der Waals surface area contributed by atoms with Gasteiger partial charge in [0.1, 0.15) is 0 Å². The van der Waals surface area contributed by atoms with Crippen LogP contribution in [0.4, 0.5) is 22.0 Å². The molecule has 0 aromatic carbocycles. The Labute approximate surface area is 88.4 Å². The summed E-state index contributed by atoms with van der Waals surface area (Å²) in [6, 6.07) is 0. The molecule has 94 valence electrons. The van der Waals surface area contributed by atoms with Crippen molar-refractivity contribution in [1.82, 2.24) is 0 Å². The van der Waals surface area contributed by atoms with Gasteiger partial charge in [0.05, 0.1) is 5.92 Å². The van der Waals surface area contributed by atoms with Crippen LogP contribution in [0.2, 0.25) is 0 Å². The van der Waals surface area contributed by atoms with Crippen molar-refractivity contribution in [2.75, 3.05) is 0 Å². The Hall–Kier alpha value is -0.880. The predicted octanol–water partition coefficient (Wildman–Crippen LogP) is 2.93. The van der Waals surface area contributed by atoms with E-state index in [1.807, 2.05) is 0 Å². The Morgan fingerprint density at radius 3 is 1.94 bits per heavy atom. The monoisotopic (exact) mass is 246 g/mol. The topological polar surface area (TPSA) is 37.3 Å². The van der Waals surface area contributed by atoms with Crippen LogP contribution in [0, 0.1) is 17.3 Å². The largest absolute Gasteiger partial charge is 0.481 e. The number of aliphatic carboxylic acids is 1. The number of carbonyl (C=O) groups is 1. The Morgan fingerprint density at radius 2 is 1.69 bits per heavy atom. The first-order valence-electron chi connectivity index (χ1n) is 4.58. The molecule has 1 fully saturated rings. The van der Waals surface area contributed by atoms with Gasteiger partial charge in [-0.25, -0.2) is 0 Å². The lowest BCUT2D eigenvalue weighted by molar-refractivity contribution is -0.286. The van der Waals surface area contributed by atoms with Crippen molar-refractivity contribution >= 4 is 5.97 Å². The average Bonchev–Trinajstić information content (AvgIpc) is 2.49. The zero-order chi connectivity index (χ0) is 12.9. The zero-order valence-corrected chi connectivity index (χ0v) is 8.61. The molecule has 1 aliphatic carbocycles. The lowest BCUT2D eigenvalue weighted by Crippen LogP contribution is -2.37. The number of alkyl halides is 5. The third kappa shape index (κ3) is 1.99.